The van der Waals surface area contributed by atoms with Gasteiger partial charge in [0.05, 0.1) is 6.42 Å². The normalized spacial score (nSPS) is 13.8. The van der Waals surface area contributed by atoms with E-state index in [9.17, 15) is 4.79 Å². The molecule has 0 saturated carbocycles. The Labute approximate surface area is 140 Å². The van der Waals surface area contributed by atoms with E-state index in [-0.39, 0.29) is 6.42 Å². The van der Waals surface area contributed by atoms with Crippen LogP contribution in [0.2, 0.25) is 0 Å². The number of carbonyl (C=O) groups is 1. The molecule has 2 aromatic carbocycles. The van der Waals surface area contributed by atoms with Crippen LogP contribution in [0.5, 0.6) is 0 Å². The summed E-state index contributed by atoms with van der Waals surface area (Å²) in [5.41, 5.74) is 6.15. The highest BCUT2D eigenvalue weighted by molar-refractivity contribution is 5.86. The standard InChI is InChI=1S/C20H20N2O2/c23-20(24)11-14-5-7-15(8-6-14)13-22-18-4-2-1-3-16(18)17-9-10-21-12-19(17)22/h1-8,21H,9-13H2,(H,23,24). The number of hydrogen-bond donors (Lipinski definition) is 2. The van der Waals surface area contributed by atoms with Crippen LogP contribution < -0.4 is 5.32 Å². The zero-order valence-corrected chi connectivity index (χ0v) is 13.5. The van der Waals surface area contributed by atoms with E-state index >= 15 is 0 Å². The molecule has 1 aliphatic rings. The van der Waals surface area contributed by atoms with Crippen LogP contribution in [0.25, 0.3) is 10.9 Å². The van der Waals surface area contributed by atoms with E-state index in [0.717, 1.165) is 31.6 Å². The molecule has 0 atom stereocenters. The Morgan fingerprint density at radius 2 is 1.83 bits per heavy atom. The van der Waals surface area contributed by atoms with Gasteiger partial charge >= 0.3 is 5.97 Å². The molecule has 24 heavy (non-hydrogen) atoms. The summed E-state index contributed by atoms with van der Waals surface area (Å²) in [4.78, 5) is 10.8. The number of nitrogens with one attached hydrogen (secondary N) is 1. The molecular weight excluding hydrogens is 300 g/mol. The predicted octanol–water partition coefficient (Wildman–Crippen LogP) is 2.96. The van der Waals surface area contributed by atoms with Crippen LogP contribution >= 0.6 is 0 Å². The van der Waals surface area contributed by atoms with Crippen LogP contribution in [-0.2, 0) is 30.7 Å². The van der Waals surface area contributed by atoms with Crippen LogP contribution in [0.15, 0.2) is 48.5 Å². The van der Waals surface area contributed by atoms with Gasteiger partial charge in [0.15, 0.2) is 0 Å². The Hall–Kier alpha value is -2.59. The summed E-state index contributed by atoms with van der Waals surface area (Å²) in [6.45, 7) is 2.75. The average molecular weight is 320 g/mol. The van der Waals surface area contributed by atoms with E-state index in [2.05, 4.69) is 34.1 Å². The van der Waals surface area contributed by atoms with Crippen LogP contribution in [0.3, 0.4) is 0 Å². The second-order valence-electron chi connectivity index (χ2n) is 6.34. The average Bonchev–Trinajstić information content (AvgIpc) is 2.91. The molecule has 0 saturated heterocycles. The molecule has 2 heterocycles. The van der Waals surface area contributed by atoms with E-state index in [0.29, 0.717) is 0 Å². The van der Waals surface area contributed by atoms with E-state index in [4.69, 9.17) is 5.11 Å². The molecule has 0 unspecified atom stereocenters. The minimum Gasteiger partial charge on any atom is -0.481 e. The molecule has 0 amide bonds. The number of aromatic nitrogens is 1. The number of benzene rings is 2. The molecule has 3 aromatic rings. The first kappa shape index (κ1) is 15.0. The second kappa shape index (κ2) is 6.13. The number of carboxylic acids is 1. The SMILES string of the molecule is O=C(O)Cc1ccc(Cn2c3c(c4ccccc42)CCNC3)cc1. The monoisotopic (exact) mass is 320 g/mol. The summed E-state index contributed by atoms with van der Waals surface area (Å²) < 4.78 is 2.39. The maximum absolute atomic E-state index is 10.8. The fraction of sp³-hybridized carbons (Fsp3) is 0.250. The first-order valence-corrected chi connectivity index (χ1v) is 8.31. The highest BCUT2D eigenvalue weighted by Crippen LogP contribution is 2.29. The van der Waals surface area contributed by atoms with E-state index in [1.807, 2.05) is 24.3 Å². The number of para-hydroxylation sites is 1. The van der Waals surface area contributed by atoms with Crippen LogP contribution in [0.4, 0.5) is 0 Å². The first-order valence-electron chi connectivity index (χ1n) is 8.31. The summed E-state index contributed by atoms with van der Waals surface area (Å²) in [5, 5.41) is 13.7. The van der Waals surface area contributed by atoms with Crippen molar-refractivity contribution >= 4 is 16.9 Å². The van der Waals surface area contributed by atoms with Gasteiger partial charge in [0.25, 0.3) is 0 Å². The summed E-state index contributed by atoms with van der Waals surface area (Å²) >= 11 is 0. The Morgan fingerprint density at radius 1 is 1.08 bits per heavy atom. The molecular formula is C20H20N2O2. The zero-order valence-electron chi connectivity index (χ0n) is 13.5. The third-order valence-electron chi connectivity index (χ3n) is 4.76. The molecule has 4 nitrogen and oxygen atoms in total. The van der Waals surface area contributed by atoms with Gasteiger partial charge in [0.1, 0.15) is 0 Å². The van der Waals surface area contributed by atoms with Crippen LogP contribution in [0.1, 0.15) is 22.4 Å². The van der Waals surface area contributed by atoms with E-state index in [1.54, 1.807) is 0 Å². The first-order chi connectivity index (χ1) is 11.7. The van der Waals surface area contributed by atoms with Gasteiger partial charge in [-0.2, -0.15) is 0 Å². The minimum absolute atomic E-state index is 0.0754. The molecule has 4 heteroatoms. The smallest absolute Gasteiger partial charge is 0.307 e. The van der Waals surface area contributed by atoms with E-state index in [1.165, 1.54) is 27.7 Å². The molecule has 2 N–H and O–H groups in total. The lowest BCUT2D eigenvalue weighted by Gasteiger charge is -2.17. The largest absolute Gasteiger partial charge is 0.481 e. The summed E-state index contributed by atoms with van der Waals surface area (Å²) in [7, 11) is 0. The molecule has 0 bridgehead atoms. The molecule has 122 valence electrons. The van der Waals surface area contributed by atoms with Crippen molar-refractivity contribution in [1.29, 1.82) is 0 Å². The lowest BCUT2D eigenvalue weighted by atomic mass is 10.0. The van der Waals surface area contributed by atoms with Gasteiger partial charge < -0.3 is 15.0 Å². The van der Waals surface area contributed by atoms with Crippen molar-refractivity contribution in [2.75, 3.05) is 6.54 Å². The maximum Gasteiger partial charge on any atom is 0.307 e. The van der Waals surface area contributed by atoms with Gasteiger partial charge in [-0.1, -0.05) is 42.5 Å². The quantitative estimate of drug-likeness (QED) is 0.777. The van der Waals surface area contributed by atoms with Gasteiger partial charge in [-0.3, -0.25) is 4.79 Å². The fourth-order valence-corrected chi connectivity index (χ4v) is 3.63. The summed E-state index contributed by atoms with van der Waals surface area (Å²) in [5.74, 6) is -0.792. The predicted molar refractivity (Wildman–Crippen MR) is 94.2 cm³/mol. The topological polar surface area (TPSA) is 54.3 Å². The van der Waals surface area contributed by atoms with Crippen LogP contribution in [-0.4, -0.2) is 22.2 Å². The third kappa shape index (κ3) is 2.69. The van der Waals surface area contributed by atoms with Crippen molar-refractivity contribution in [3.8, 4) is 0 Å². The number of fused-ring (bicyclic) bond motifs is 3. The lowest BCUT2D eigenvalue weighted by molar-refractivity contribution is -0.136. The molecule has 0 radical (unpaired) electrons. The van der Waals surface area contributed by atoms with Crippen molar-refractivity contribution in [3.63, 3.8) is 0 Å². The lowest BCUT2D eigenvalue weighted by Crippen LogP contribution is -2.25. The molecule has 4 rings (SSSR count). The Bertz CT molecular complexity index is 894. The minimum atomic E-state index is -0.792. The number of aliphatic carboxylic acids is 1. The third-order valence-corrected chi connectivity index (χ3v) is 4.76. The maximum atomic E-state index is 10.8. The highest BCUT2D eigenvalue weighted by Gasteiger charge is 2.19. The number of hydrogen-bond acceptors (Lipinski definition) is 2. The van der Waals surface area contributed by atoms with Crippen molar-refractivity contribution < 1.29 is 9.90 Å². The Kier molecular flexibility index (Phi) is 3.82. The number of carboxylic acid groups (broad SMARTS) is 1. The van der Waals surface area contributed by atoms with E-state index < -0.39 is 5.97 Å². The van der Waals surface area contributed by atoms with Gasteiger partial charge in [0.2, 0.25) is 0 Å². The van der Waals surface area contributed by atoms with Gasteiger partial charge in [-0.15, -0.1) is 0 Å². The Morgan fingerprint density at radius 3 is 2.62 bits per heavy atom. The molecule has 0 spiro atoms. The summed E-state index contributed by atoms with van der Waals surface area (Å²) in [6.07, 6.45) is 1.15. The number of rotatable bonds is 4. The zero-order chi connectivity index (χ0) is 16.5. The molecule has 1 aliphatic heterocycles. The summed E-state index contributed by atoms with van der Waals surface area (Å²) in [6, 6.07) is 16.5. The van der Waals surface area contributed by atoms with Crippen molar-refractivity contribution in [2.45, 2.75) is 25.9 Å². The Balaban J connectivity index is 1.70. The fourth-order valence-electron chi connectivity index (χ4n) is 3.63. The highest BCUT2D eigenvalue weighted by atomic mass is 16.4. The van der Waals surface area contributed by atoms with Crippen molar-refractivity contribution in [3.05, 3.63) is 70.9 Å². The van der Waals surface area contributed by atoms with Gasteiger partial charge in [0, 0.05) is 29.7 Å². The van der Waals surface area contributed by atoms with Gasteiger partial charge in [-0.05, 0) is 35.7 Å². The van der Waals surface area contributed by atoms with Gasteiger partial charge in [-0.25, -0.2) is 0 Å². The number of nitrogens with zero attached hydrogens (tertiary/aromatic N) is 1. The second-order valence-corrected chi connectivity index (χ2v) is 6.34. The van der Waals surface area contributed by atoms with Crippen molar-refractivity contribution in [2.24, 2.45) is 0 Å². The molecule has 0 aliphatic carbocycles. The van der Waals surface area contributed by atoms with Crippen molar-refractivity contribution in [1.82, 2.24) is 9.88 Å². The molecule has 1 aromatic heterocycles. The van der Waals surface area contributed by atoms with Crippen LogP contribution in [0, 0.1) is 0 Å². The molecule has 0 fully saturated rings.